The average Bonchev–Trinajstić information content (AvgIpc) is 3.54. The average molecular weight is 633 g/mol. The molecule has 0 aliphatic heterocycles. The summed E-state index contributed by atoms with van der Waals surface area (Å²) in [7, 11) is -4.22. The summed E-state index contributed by atoms with van der Waals surface area (Å²) in [5, 5.41) is 21.5. The van der Waals surface area contributed by atoms with Crippen LogP contribution in [0.1, 0.15) is 65.5 Å². The maximum atomic E-state index is 14.9. The topological polar surface area (TPSA) is 154 Å². The molecule has 6 rings (SSSR count). The molecule has 13 heteroatoms. The van der Waals surface area contributed by atoms with Crippen molar-refractivity contribution in [2.45, 2.75) is 50.3 Å². The Labute approximate surface area is 257 Å². The van der Waals surface area contributed by atoms with Crippen molar-refractivity contribution in [2.75, 3.05) is 0 Å². The molecule has 226 valence electrons. The Kier molecular flexibility index (Phi) is 7.86. The summed E-state index contributed by atoms with van der Waals surface area (Å²) in [4.78, 5) is 24.5. The molecule has 3 aromatic heterocycles. The van der Waals surface area contributed by atoms with Gasteiger partial charge in [0.25, 0.3) is 0 Å². The first-order valence-electron chi connectivity index (χ1n) is 14.0. The summed E-state index contributed by atoms with van der Waals surface area (Å²) in [6.45, 7) is 4.15. The number of carboxylic acids is 1. The normalized spacial score (nSPS) is 13.5. The highest BCUT2D eigenvalue weighted by atomic mass is 32.2. The van der Waals surface area contributed by atoms with Crippen molar-refractivity contribution in [1.82, 2.24) is 24.7 Å². The highest BCUT2D eigenvalue weighted by molar-refractivity contribution is 7.89. The largest absolute Gasteiger partial charge is 0.476 e. The fourth-order valence-electron chi connectivity index (χ4n) is 5.01. The Morgan fingerprint density at radius 1 is 1.14 bits per heavy atom. The second-order valence-electron chi connectivity index (χ2n) is 11.2. The third-order valence-corrected chi connectivity index (χ3v) is 9.34. The van der Waals surface area contributed by atoms with E-state index in [-0.39, 0.29) is 12.1 Å². The first kappa shape index (κ1) is 29.7. The smallest absolute Gasteiger partial charge is 0.355 e. The number of nitrogens with zero attached hydrogens (tertiary/aromatic N) is 5. The number of rotatable bonds is 10. The predicted octanol–water partition coefficient (Wildman–Crippen LogP) is 5.60. The fourth-order valence-corrected chi connectivity index (χ4v) is 6.37. The lowest BCUT2D eigenvalue weighted by Gasteiger charge is -2.10. The number of hydrogen-bond acceptors (Lipinski definition) is 8. The number of thiazole rings is 1. The fraction of sp³-hybridized carbons (Fsp3) is 0.258. The van der Waals surface area contributed by atoms with Crippen LogP contribution in [0.5, 0.6) is 0 Å². The van der Waals surface area contributed by atoms with E-state index < -0.39 is 26.7 Å². The van der Waals surface area contributed by atoms with Gasteiger partial charge >= 0.3 is 5.97 Å². The Morgan fingerprint density at radius 2 is 1.86 bits per heavy atom. The molecular weight excluding hydrogens is 604 g/mol. The molecule has 10 nitrogen and oxygen atoms in total. The molecule has 0 saturated heterocycles. The first-order valence-corrected chi connectivity index (χ1v) is 16.4. The zero-order valence-corrected chi connectivity index (χ0v) is 25.6. The summed E-state index contributed by atoms with van der Waals surface area (Å²) >= 11 is 1.17. The molecule has 1 saturated carbocycles. The Bertz CT molecular complexity index is 1980. The van der Waals surface area contributed by atoms with Crippen molar-refractivity contribution in [3.05, 3.63) is 94.1 Å². The minimum absolute atomic E-state index is 0.0781. The molecule has 0 amide bonds. The molecule has 0 spiro atoms. The maximum Gasteiger partial charge on any atom is 0.355 e. The maximum absolute atomic E-state index is 14.9. The molecule has 44 heavy (non-hydrogen) atoms. The molecule has 3 N–H and O–H groups in total. The second kappa shape index (κ2) is 11.6. The summed E-state index contributed by atoms with van der Waals surface area (Å²) in [5.74, 6) is -0.787. The molecule has 5 aromatic rings. The highest BCUT2D eigenvalue weighted by Crippen LogP contribution is 2.38. The van der Waals surface area contributed by atoms with E-state index in [1.54, 1.807) is 4.68 Å². The second-order valence-corrected chi connectivity index (χ2v) is 13.6. The molecule has 1 aliphatic rings. The van der Waals surface area contributed by atoms with Crippen molar-refractivity contribution in [3.63, 3.8) is 0 Å². The lowest BCUT2D eigenvalue weighted by molar-refractivity contribution is 0.0691. The molecule has 0 radical (unpaired) electrons. The van der Waals surface area contributed by atoms with E-state index in [0.29, 0.717) is 40.5 Å². The molecule has 0 unspecified atom stereocenters. The summed E-state index contributed by atoms with van der Waals surface area (Å²) in [5.41, 5.74) is 5.29. The van der Waals surface area contributed by atoms with Gasteiger partial charge in [0.15, 0.2) is 11.5 Å². The zero-order chi connectivity index (χ0) is 31.2. The number of benzene rings is 2. The van der Waals surface area contributed by atoms with Crippen LogP contribution in [-0.2, 0) is 22.9 Å². The van der Waals surface area contributed by atoms with Crippen LogP contribution in [0.3, 0.4) is 0 Å². The van der Waals surface area contributed by atoms with Gasteiger partial charge in [0.1, 0.15) is 10.7 Å². The van der Waals surface area contributed by atoms with Crippen molar-refractivity contribution in [3.8, 4) is 27.8 Å². The van der Waals surface area contributed by atoms with Gasteiger partial charge in [-0.25, -0.2) is 42.4 Å². The summed E-state index contributed by atoms with van der Waals surface area (Å²) in [6.07, 6.45) is 6.64. The quantitative estimate of drug-likeness (QED) is 0.202. The Morgan fingerprint density at radius 3 is 2.48 bits per heavy atom. The van der Waals surface area contributed by atoms with Gasteiger partial charge in [0.2, 0.25) is 15.2 Å². The summed E-state index contributed by atoms with van der Waals surface area (Å²) < 4.78 is 40.2. The number of sulfonamides is 1. The standard InChI is InChI=1S/C31H29FN6O4S2/c1-17(2)22-14-34-29(35-15-22)21-5-3-4-20(13-21)28-23(10-19-8-9-27(24(32)11-19)44(33,41)42)26(12-18-6-7-18)38(37-28)31-36-25(16-43-31)30(39)40/h3-5,8-9,11,13-18H,6-7,10,12H2,1-2H3,(H,39,40)(H2,33,41,42). The number of halogens is 1. The number of aromatic carboxylic acids is 1. The number of carboxylic acid groups (broad SMARTS) is 1. The number of aromatic nitrogens is 5. The third-order valence-electron chi connectivity index (χ3n) is 7.58. The van der Waals surface area contributed by atoms with Crippen molar-refractivity contribution in [2.24, 2.45) is 11.1 Å². The third kappa shape index (κ3) is 6.16. The van der Waals surface area contributed by atoms with Gasteiger partial charge < -0.3 is 5.11 Å². The first-order chi connectivity index (χ1) is 21.0. The minimum atomic E-state index is -4.22. The number of primary sulfonamides is 1. The molecular formula is C31H29FN6O4S2. The van der Waals surface area contributed by atoms with E-state index in [0.717, 1.165) is 40.8 Å². The molecule has 2 aromatic carbocycles. The monoisotopic (exact) mass is 632 g/mol. The van der Waals surface area contributed by atoms with Crippen LogP contribution in [0.15, 0.2) is 65.1 Å². The molecule has 3 heterocycles. The summed E-state index contributed by atoms with van der Waals surface area (Å²) in [6, 6.07) is 11.5. The SMILES string of the molecule is CC(C)c1cnc(-c2cccc(-c3nn(-c4nc(C(=O)O)cs4)c(CC4CC4)c3Cc3ccc(S(N)(=O)=O)c(F)c3)c2)nc1. The molecule has 1 aliphatic carbocycles. The van der Waals surface area contributed by atoms with Crippen LogP contribution in [0.4, 0.5) is 4.39 Å². The van der Waals surface area contributed by atoms with Crippen LogP contribution >= 0.6 is 11.3 Å². The van der Waals surface area contributed by atoms with E-state index in [9.17, 15) is 22.7 Å². The number of nitrogens with two attached hydrogens (primary N) is 1. The Hall–Kier alpha value is -4.33. The van der Waals surface area contributed by atoms with E-state index in [4.69, 9.17) is 10.2 Å². The van der Waals surface area contributed by atoms with E-state index in [1.807, 2.05) is 36.7 Å². The zero-order valence-electron chi connectivity index (χ0n) is 23.9. The van der Waals surface area contributed by atoms with Crippen molar-refractivity contribution in [1.29, 1.82) is 0 Å². The van der Waals surface area contributed by atoms with Gasteiger partial charge in [-0.15, -0.1) is 11.3 Å². The van der Waals surface area contributed by atoms with Gasteiger partial charge in [-0.2, -0.15) is 5.10 Å². The van der Waals surface area contributed by atoms with Crippen LogP contribution < -0.4 is 5.14 Å². The van der Waals surface area contributed by atoms with Crippen molar-refractivity contribution >= 4 is 27.3 Å². The lowest BCUT2D eigenvalue weighted by atomic mass is 9.96. The Balaban J connectivity index is 1.50. The molecule has 1 fully saturated rings. The number of hydrogen-bond donors (Lipinski definition) is 2. The number of carbonyl (C=O) groups is 1. The van der Waals surface area contributed by atoms with Crippen LogP contribution in [0.2, 0.25) is 0 Å². The van der Waals surface area contributed by atoms with Gasteiger partial charge in [-0.1, -0.05) is 38.1 Å². The van der Waals surface area contributed by atoms with Gasteiger partial charge in [0, 0.05) is 40.9 Å². The van der Waals surface area contributed by atoms with E-state index >= 15 is 0 Å². The molecule has 0 atom stereocenters. The van der Waals surface area contributed by atoms with Crippen LogP contribution in [0, 0.1) is 11.7 Å². The molecule has 0 bridgehead atoms. The van der Waals surface area contributed by atoms with Crippen molar-refractivity contribution < 1.29 is 22.7 Å². The van der Waals surface area contributed by atoms with Gasteiger partial charge in [-0.05, 0) is 60.4 Å². The van der Waals surface area contributed by atoms with Crippen LogP contribution in [0.25, 0.3) is 27.8 Å². The van der Waals surface area contributed by atoms with E-state index in [2.05, 4.69) is 28.8 Å². The predicted molar refractivity (Wildman–Crippen MR) is 164 cm³/mol. The van der Waals surface area contributed by atoms with Crippen LogP contribution in [-0.4, -0.2) is 44.2 Å². The van der Waals surface area contributed by atoms with E-state index in [1.165, 1.54) is 34.9 Å². The minimum Gasteiger partial charge on any atom is -0.476 e. The lowest BCUT2D eigenvalue weighted by Crippen LogP contribution is -2.14. The van der Waals surface area contributed by atoms with Gasteiger partial charge in [0.05, 0.1) is 11.4 Å². The highest BCUT2D eigenvalue weighted by Gasteiger charge is 2.29. The van der Waals surface area contributed by atoms with Gasteiger partial charge in [-0.3, -0.25) is 0 Å².